The Labute approximate surface area is 166 Å². The van der Waals surface area contributed by atoms with Crippen LogP contribution in [0.4, 0.5) is 0 Å². The first-order valence-electron chi connectivity index (χ1n) is 7.30. The number of rotatable bonds is 6. The summed E-state index contributed by atoms with van der Waals surface area (Å²) in [7, 11) is 1.56. The summed E-state index contributed by atoms with van der Waals surface area (Å²) in [6.07, 6.45) is -0.890. The van der Waals surface area contributed by atoms with Gasteiger partial charge in [-0.3, -0.25) is 4.79 Å². The highest BCUT2D eigenvalue weighted by Crippen LogP contribution is 2.31. The smallest absolute Gasteiger partial charge is 0.252 e. The van der Waals surface area contributed by atoms with Crippen LogP contribution in [0, 0.1) is 6.92 Å². The van der Waals surface area contributed by atoms with Crippen molar-refractivity contribution < 1.29 is 9.53 Å². The van der Waals surface area contributed by atoms with Gasteiger partial charge in [0.15, 0.2) is 0 Å². The number of carbonyl (C=O) groups excluding carboxylic acids is 1. The summed E-state index contributed by atoms with van der Waals surface area (Å²) < 4.78 is 6.33. The molecule has 0 aliphatic carbocycles. The van der Waals surface area contributed by atoms with E-state index in [9.17, 15) is 4.79 Å². The lowest BCUT2D eigenvalue weighted by Crippen LogP contribution is -2.51. The third-order valence-corrected chi connectivity index (χ3v) is 4.79. The zero-order valence-electron chi connectivity index (χ0n) is 13.6. The van der Waals surface area contributed by atoms with Crippen molar-refractivity contribution in [1.29, 1.82) is 0 Å². The summed E-state index contributed by atoms with van der Waals surface area (Å²) >= 11 is 19.2. The van der Waals surface area contributed by atoms with Gasteiger partial charge in [0, 0.05) is 10.5 Å². The normalized spacial score (nSPS) is 12.5. The Bertz CT molecular complexity index is 703. The summed E-state index contributed by atoms with van der Waals surface area (Å²) in [6.45, 7) is 2.00. The molecule has 2 N–H and O–H groups in total. The lowest BCUT2D eigenvalue weighted by molar-refractivity contribution is 0.0935. The SMILES string of the molecule is COc1ccc(C(=O)N[C@@H](NSc2ccc(C)cc2)C(Cl)(Cl)Cl)cc1. The minimum Gasteiger partial charge on any atom is -0.497 e. The van der Waals surface area contributed by atoms with Gasteiger partial charge in [0.25, 0.3) is 5.91 Å². The molecule has 8 heteroatoms. The van der Waals surface area contributed by atoms with E-state index in [1.807, 2.05) is 31.2 Å². The number of amides is 1. The highest BCUT2D eigenvalue weighted by Gasteiger charge is 2.34. The van der Waals surface area contributed by atoms with Crippen molar-refractivity contribution in [2.24, 2.45) is 0 Å². The monoisotopic (exact) mass is 418 g/mol. The van der Waals surface area contributed by atoms with E-state index in [1.54, 1.807) is 31.4 Å². The second kappa shape index (κ2) is 9.01. The third kappa shape index (κ3) is 6.28. The van der Waals surface area contributed by atoms with Gasteiger partial charge in [0.1, 0.15) is 11.9 Å². The van der Waals surface area contributed by atoms with Gasteiger partial charge in [-0.05, 0) is 55.3 Å². The van der Waals surface area contributed by atoms with Crippen LogP contribution in [0.3, 0.4) is 0 Å². The summed E-state index contributed by atoms with van der Waals surface area (Å²) in [5.41, 5.74) is 1.58. The quantitative estimate of drug-likeness (QED) is 0.404. The standard InChI is InChI=1S/C17H17Cl3N2O2S/c1-11-3-9-14(10-4-11)25-22-16(17(18,19)20)21-15(23)12-5-7-13(24-2)8-6-12/h3-10,16,22H,1-2H3,(H,21,23)/t16-/m0/s1. The average Bonchev–Trinajstić information content (AvgIpc) is 2.59. The predicted molar refractivity (Wildman–Crippen MR) is 105 cm³/mol. The van der Waals surface area contributed by atoms with E-state index in [0.717, 1.165) is 10.5 Å². The Kier molecular flexibility index (Phi) is 7.28. The van der Waals surface area contributed by atoms with Gasteiger partial charge in [-0.2, -0.15) is 0 Å². The number of methoxy groups -OCH3 is 1. The number of aryl methyl sites for hydroxylation is 1. The molecular weight excluding hydrogens is 403 g/mol. The molecule has 2 rings (SSSR count). The predicted octanol–water partition coefficient (Wildman–Crippen LogP) is 4.73. The van der Waals surface area contributed by atoms with E-state index in [0.29, 0.717) is 11.3 Å². The fourth-order valence-corrected chi connectivity index (χ4v) is 3.15. The largest absolute Gasteiger partial charge is 0.497 e. The molecule has 0 saturated carbocycles. The van der Waals surface area contributed by atoms with Gasteiger partial charge in [0.05, 0.1) is 7.11 Å². The third-order valence-electron chi connectivity index (χ3n) is 3.27. The number of alkyl halides is 3. The second-order valence-electron chi connectivity index (χ2n) is 5.21. The first kappa shape index (κ1) is 20.2. The molecule has 0 unspecified atom stereocenters. The van der Waals surface area contributed by atoms with E-state index in [2.05, 4.69) is 10.0 Å². The summed E-state index contributed by atoms with van der Waals surface area (Å²) in [6, 6.07) is 14.5. The van der Waals surface area contributed by atoms with Gasteiger partial charge < -0.3 is 10.1 Å². The zero-order valence-corrected chi connectivity index (χ0v) is 16.6. The van der Waals surface area contributed by atoms with Gasteiger partial charge in [-0.1, -0.05) is 52.5 Å². The molecule has 0 aromatic heterocycles. The molecule has 0 aliphatic rings. The van der Waals surface area contributed by atoms with Gasteiger partial charge in [-0.25, -0.2) is 4.72 Å². The van der Waals surface area contributed by atoms with Crippen LogP contribution in [0.2, 0.25) is 0 Å². The lowest BCUT2D eigenvalue weighted by atomic mass is 10.2. The fraction of sp³-hybridized carbons (Fsp3) is 0.235. The van der Waals surface area contributed by atoms with Crippen LogP contribution in [-0.2, 0) is 0 Å². The van der Waals surface area contributed by atoms with Crippen molar-refractivity contribution in [2.75, 3.05) is 7.11 Å². The van der Waals surface area contributed by atoms with E-state index in [1.165, 1.54) is 11.9 Å². The molecule has 0 heterocycles. The number of hydrogen-bond acceptors (Lipinski definition) is 4. The van der Waals surface area contributed by atoms with Crippen LogP contribution >= 0.6 is 46.8 Å². The molecule has 2 aromatic carbocycles. The zero-order chi connectivity index (χ0) is 18.4. The van der Waals surface area contributed by atoms with Crippen molar-refractivity contribution in [1.82, 2.24) is 10.0 Å². The number of benzene rings is 2. The number of carbonyl (C=O) groups is 1. The number of halogens is 3. The number of nitrogens with one attached hydrogen (secondary N) is 2. The topological polar surface area (TPSA) is 50.4 Å². The highest BCUT2D eigenvalue weighted by molar-refractivity contribution is 7.97. The summed E-state index contributed by atoms with van der Waals surface area (Å²) in [5, 5.41) is 2.68. The van der Waals surface area contributed by atoms with E-state index in [-0.39, 0.29) is 5.91 Å². The van der Waals surface area contributed by atoms with Crippen LogP contribution in [0.25, 0.3) is 0 Å². The Morgan fingerprint density at radius 3 is 2.20 bits per heavy atom. The lowest BCUT2D eigenvalue weighted by Gasteiger charge is -2.26. The molecule has 0 saturated heterocycles. The first-order chi connectivity index (χ1) is 11.8. The second-order valence-corrected chi connectivity index (χ2v) is 8.49. The minimum absolute atomic E-state index is 0.365. The van der Waals surface area contributed by atoms with Crippen molar-refractivity contribution in [3.63, 3.8) is 0 Å². The van der Waals surface area contributed by atoms with Gasteiger partial charge in [0.2, 0.25) is 3.79 Å². The highest BCUT2D eigenvalue weighted by atomic mass is 35.6. The number of hydrogen-bond donors (Lipinski definition) is 2. The van der Waals surface area contributed by atoms with Crippen LogP contribution in [0.1, 0.15) is 15.9 Å². The Hall–Kier alpha value is -1.11. The molecule has 1 atom stereocenters. The molecule has 25 heavy (non-hydrogen) atoms. The first-order valence-corrected chi connectivity index (χ1v) is 9.25. The maximum absolute atomic E-state index is 12.4. The molecule has 1 amide bonds. The molecule has 0 spiro atoms. The maximum Gasteiger partial charge on any atom is 0.252 e. The summed E-state index contributed by atoms with van der Waals surface area (Å²) in [4.78, 5) is 13.3. The average molecular weight is 420 g/mol. The molecule has 134 valence electrons. The van der Waals surface area contributed by atoms with Crippen molar-refractivity contribution in [3.8, 4) is 5.75 Å². The Balaban J connectivity index is 2.03. The molecule has 4 nitrogen and oxygen atoms in total. The molecule has 0 bridgehead atoms. The summed E-state index contributed by atoms with van der Waals surface area (Å²) in [5.74, 6) is 0.290. The van der Waals surface area contributed by atoms with Crippen LogP contribution in [0.5, 0.6) is 5.75 Å². The van der Waals surface area contributed by atoms with Crippen molar-refractivity contribution >= 4 is 52.7 Å². The van der Waals surface area contributed by atoms with Gasteiger partial charge in [-0.15, -0.1) is 0 Å². The van der Waals surface area contributed by atoms with E-state index >= 15 is 0 Å². The van der Waals surface area contributed by atoms with Gasteiger partial charge >= 0.3 is 0 Å². The molecule has 0 fully saturated rings. The molecule has 0 aliphatic heterocycles. The minimum atomic E-state index is -1.72. The molecular formula is C17H17Cl3N2O2S. The van der Waals surface area contributed by atoms with Crippen molar-refractivity contribution in [3.05, 3.63) is 59.7 Å². The Morgan fingerprint density at radius 1 is 1.08 bits per heavy atom. The van der Waals surface area contributed by atoms with E-state index < -0.39 is 9.96 Å². The van der Waals surface area contributed by atoms with Crippen LogP contribution < -0.4 is 14.8 Å². The number of ether oxygens (including phenoxy) is 1. The Morgan fingerprint density at radius 2 is 1.68 bits per heavy atom. The molecule has 0 radical (unpaired) electrons. The van der Waals surface area contributed by atoms with E-state index in [4.69, 9.17) is 39.5 Å². The van der Waals surface area contributed by atoms with Crippen molar-refractivity contribution in [2.45, 2.75) is 21.8 Å². The van der Waals surface area contributed by atoms with Crippen LogP contribution in [-0.4, -0.2) is 23.0 Å². The molecule has 2 aromatic rings. The maximum atomic E-state index is 12.4. The fourth-order valence-electron chi connectivity index (χ4n) is 1.87. The van der Waals surface area contributed by atoms with Crippen LogP contribution in [0.15, 0.2) is 53.4 Å².